The first-order valence-corrected chi connectivity index (χ1v) is 7.78. The van der Waals surface area contributed by atoms with Gasteiger partial charge in [0, 0.05) is 18.6 Å². The number of imidazole rings is 1. The van der Waals surface area contributed by atoms with Crippen molar-refractivity contribution in [3.8, 4) is 5.82 Å². The number of rotatable bonds is 3. The number of aromatic amines is 1. The van der Waals surface area contributed by atoms with Gasteiger partial charge in [-0.15, -0.1) is 0 Å². The van der Waals surface area contributed by atoms with E-state index in [1.54, 1.807) is 29.4 Å². The van der Waals surface area contributed by atoms with Crippen molar-refractivity contribution in [2.45, 2.75) is 6.54 Å². The number of aromatic nitrogens is 5. The van der Waals surface area contributed by atoms with Crippen LogP contribution in [-0.2, 0) is 6.54 Å². The lowest BCUT2D eigenvalue weighted by molar-refractivity contribution is 0.731. The van der Waals surface area contributed by atoms with Crippen LogP contribution in [0.1, 0.15) is 5.56 Å². The molecule has 24 heavy (non-hydrogen) atoms. The maximum Gasteiger partial charge on any atom is 0.262 e. The Bertz CT molecular complexity index is 1110. The molecule has 0 saturated carbocycles. The second-order valence-corrected chi connectivity index (χ2v) is 5.75. The topological polar surface area (TPSA) is 68.5 Å². The van der Waals surface area contributed by atoms with Gasteiger partial charge in [-0.1, -0.05) is 18.2 Å². The van der Waals surface area contributed by atoms with Crippen molar-refractivity contribution < 1.29 is 0 Å². The van der Waals surface area contributed by atoms with E-state index in [1.807, 2.05) is 41.1 Å². The van der Waals surface area contributed by atoms with Gasteiger partial charge in [0.25, 0.3) is 5.56 Å². The third-order valence-electron chi connectivity index (χ3n) is 3.81. The Morgan fingerprint density at radius 2 is 2.04 bits per heavy atom. The molecule has 1 N–H and O–H groups in total. The van der Waals surface area contributed by atoms with Crippen molar-refractivity contribution in [3.63, 3.8) is 0 Å². The van der Waals surface area contributed by atoms with Gasteiger partial charge in [0.1, 0.15) is 12.1 Å². The zero-order valence-electron chi connectivity index (χ0n) is 12.6. The summed E-state index contributed by atoms with van der Waals surface area (Å²) in [5, 5.41) is 0.620. The number of hydrogen-bond acceptors (Lipinski definition) is 4. The average molecular weight is 335 g/mol. The molecule has 0 aliphatic rings. The number of para-hydroxylation sites is 1. The summed E-state index contributed by atoms with van der Waals surface area (Å²) in [6.45, 7) is 0.371. The molecular weight excluding hydrogens is 322 g/mol. The lowest BCUT2D eigenvalue weighted by atomic mass is 10.2. The first-order chi connectivity index (χ1) is 11.7. The minimum atomic E-state index is -0.104. The molecule has 7 heteroatoms. The minimum Gasteiger partial charge on any atom is -0.332 e. The second-order valence-electron chi connectivity index (χ2n) is 5.36. The molecular formula is C17H13N5OS. The van der Waals surface area contributed by atoms with E-state index in [2.05, 4.69) is 15.0 Å². The van der Waals surface area contributed by atoms with Gasteiger partial charge in [-0.25, -0.2) is 9.97 Å². The van der Waals surface area contributed by atoms with E-state index >= 15 is 0 Å². The first-order valence-electron chi connectivity index (χ1n) is 7.37. The van der Waals surface area contributed by atoms with Crippen LogP contribution in [0.25, 0.3) is 16.7 Å². The van der Waals surface area contributed by atoms with Crippen molar-refractivity contribution in [2.24, 2.45) is 0 Å². The first kappa shape index (κ1) is 14.5. The fourth-order valence-corrected chi connectivity index (χ4v) is 2.84. The molecule has 0 bridgehead atoms. The number of nitrogens with zero attached hydrogens (tertiary/aromatic N) is 4. The van der Waals surface area contributed by atoms with Gasteiger partial charge in [-0.2, -0.15) is 0 Å². The van der Waals surface area contributed by atoms with Crippen LogP contribution >= 0.6 is 12.2 Å². The molecule has 0 unspecified atom stereocenters. The van der Waals surface area contributed by atoms with Gasteiger partial charge in [0.15, 0.2) is 4.77 Å². The van der Waals surface area contributed by atoms with E-state index < -0.39 is 0 Å². The lowest BCUT2D eigenvalue weighted by Gasteiger charge is -2.09. The third-order valence-corrected chi connectivity index (χ3v) is 4.13. The van der Waals surface area contributed by atoms with Gasteiger partial charge in [-0.3, -0.25) is 13.9 Å². The van der Waals surface area contributed by atoms with Crippen LogP contribution < -0.4 is 5.56 Å². The summed E-state index contributed by atoms with van der Waals surface area (Å²) in [6, 6.07) is 11.2. The summed E-state index contributed by atoms with van der Waals surface area (Å²) in [4.78, 5) is 24.2. The fourth-order valence-electron chi connectivity index (χ4n) is 2.58. The smallest absolute Gasteiger partial charge is 0.262 e. The van der Waals surface area contributed by atoms with E-state index in [9.17, 15) is 4.79 Å². The zero-order valence-corrected chi connectivity index (χ0v) is 13.4. The van der Waals surface area contributed by atoms with E-state index in [-0.39, 0.29) is 5.56 Å². The molecule has 0 fully saturated rings. The summed E-state index contributed by atoms with van der Waals surface area (Å²) >= 11 is 5.33. The highest BCUT2D eigenvalue weighted by Gasteiger charge is 2.06. The number of nitrogens with one attached hydrogen (secondary N) is 1. The van der Waals surface area contributed by atoms with Crippen LogP contribution in [0.4, 0.5) is 0 Å². The Hall–Kier alpha value is -3.06. The standard InChI is InChI=1S/C17H13N5OS/c23-16-13-3-1-2-4-14(13)20-17(24)22(16)10-12-5-6-15(19-9-12)21-8-7-18-11-21/h1-9,11H,10H2,(H,20,24). The highest BCUT2D eigenvalue weighted by Crippen LogP contribution is 2.09. The highest BCUT2D eigenvalue weighted by atomic mass is 32.1. The molecule has 3 aromatic heterocycles. The van der Waals surface area contributed by atoms with Crippen molar-refractivity contribution in [3.05, 3.63) is 82.0 Å². The molecule has 3 heterocycles. The highest BCUT2D eigenvalue weighted by molar-refractivity contribution is 7.71. The maximum atomic E-state index is 12.7. The van der Waals surface area contributed by atoms with Crippen LogP contribution in [-0.4, -0.2) is 24.1 Å². The molecule has 118 valence electrons. The molecule has 0 spiro atoms. The molecule has 0 aliphatic heterocycles. The zero-order chi connectivity index (χ0) is 16.5. The number of H-pyrrole nitrogens is 1. The molecule has 0 amide bonds. The Morgan fingerprint density at radius 3 is 2.79 bits per heavy atom. The summed E-state index contributed by atoms with van der Waals surface area (Å²) < 4.78 is 3.77. The summed E-state index contributed by atoms with van der Waals surface area (Å²) in [6.07, 6.45) is 6.95. The van der Waals surface area contributed by atoms with Crippen LogP contribution in [0.5, 0.6) is 0 Å². The summed E-state index contributed by atoms with van der Waals surface area (Å²) in [5.41, 5.74) is 1.54. The second kappa shape index (κ2) is 5.86. The largest absolute Gasteiger partial charge is 0.332 e. The lowest BCUT2D eigenvalue weighted by Crippen LogP contribution is -2.22. The van der Waals surface area contributed by atoms with Crippen molar-refractivity contribution >= 4 is 23.1 Å². The average Bonchev–Trinajstić information content (AvgIpc) is 3.14. The van der Waals surface area contributed by atoms with Crippen LogP contribution in [0.3, 0.4) is 0 Å². The minimum absolute atomic E-state index is 0.104. The molecule has 1 aromatic carbocycles. The Morgan fingerprint density at radius 1 is 1.17 bits per heavy atom. The van der Waals surface area contributed by atoms with Gasteiger partial charge in [-0.05, 0) is 36.0 Å². The van der Waals surface area contributed by atoms with E-state index in [1.165, 1.54) is 0 Å². The van der Waals surface area contributed by atoms with Gasteiger partial charge >= 0.3 is 0 Å². The number of benzene rings is 1. The number of fused-ring (bicyclic) bond motifs is 1. The van der Waals surface area contributed by atoms with Crippen molar-refractivity contribution in [1.82, 2.24) is 24.1 Å². The summed E-state index contributed by atoms with van der Waals surface area (Å²) in [5.74, 6) is 0.771. The van der Waals surface area contributed by atoms with E-state index in [0.29, 0.717) is 16.7 Å². The molecule has 4 rings (SSSR count). The van der Waals surface area contributed by atoms with Crippen LogP contribution in [0.15, 0.2) is 66.1 Å². The molecule has 0 saturated heterocycles. The Labute approximate surface area is 142 Å². The van der Waals surface area contributed by atoms with E-state index in [0.717, 1.165) is 16.9 Å². The van der Waals surface area contributed by atoms with E-state index in [4.69, 9.17) is 12.2 Å². The number of pyridine rings is 1. The predicted molar refractivity (Wildman–Crippen MR) is 93.9 cm³/mol. The summed E-state index contributed by atoms with van der Waals surface area (Å²) in [7, 11) is 0. The number of hydrogen-bond donors (Lipinski definition) is 1. The fraction of sp³-hybridized carbons (Fsp3) is 0.0588. The van der Waals surface area contributed by atoms with Gasteiger partial charge in [0.05, 0.1) is 17.4 Å². The molecule has 0 radical (unpaired) electrons. The molecule has 0 aliphatic carbocycles. The quantitative estimate of drug-likeness (QED) is 0.585. The monoisotopic (exact) mass is 335 g/mol. The normalized spacial score (nSPS) is 11.0. The molecule has 0 atom stereocenters. The van der Waals surface area contributed by atoms with Crippen LogP contribution in [0.2, 0.25) is 0 Å². The van der Waals surface area contributed by atoms with Gasteiger partial charge in [0.2, 0.25) is 0 Å². The molecule has 4 aromatic rings. The third kappa shape index (κ3) is 2.55. The van der Waals surface area contributed by atoms with Crippen molar-refractivity contribution in [2.75, 3.05) is 0 Å². The van der Waals surface area contributed by atoms with Gasteiger partial charge < -0.3 is 4.98 Å². The van der Waals surface area contributed by atoms with Crippen molar-refractivity contribution in [1.29, 1.82) is 0 Å². The predicted octanol–water partition coefficient (Wildman–Crippen LogP) is 2.69. The Balaban J connectivity index is 1.72. The molecule has 6 nitrogen and oxygen atoms in total. The van der Waals surface area contributed by atoms with Crippen LogP contribution in [0, 0.1) is 4.77 Å². The Kier molecular flexibility index (Phi) is 3.55. The maximum absolute atomic E-state index is 12.7. The SMILES string of the molecule is O=c1c2ccccc2[nH]c(=S)n1Cc1ccc(-n2ccnc2)nc1.